The van der Waals surface area contributed by atoms with Crippen LogP contribution in [-0.2, 0) is 6.42 Å². The molecule has 1 N–H and O–H groups in total. The molecule has 0 aromatic carbocycles. The predicted octanol–water partition coefficient (Wildman–Crippen LogP) is 4.14. The van der Waals surface area contributed by atoms with E-state index in [1.54, 1.807) is 0 Å². The van der Waals surface area contributed by atoms with Gasteiger partial charge in [-0.15, -0.1) is 0 Å². The average molecular weight is 236 g/mol. The fourth-order valence-corrected chi connectivity index (χ4v) is 2.74. The minimum absolute atomic E-state index is 0.618. The van der Waals surface area contributed by atoms with Crippen LogP contribution >= 0.6 is 12.2 Å². The summed E-state index contributed by atoms with van der Waals surface area (Å²) in [6, 6.07) is 2.01. The molecular weight excluding hydrogens is 216 g/mol. The Labute approximate surface area is 103 Å². The second-order valence-electron chi connectivity index (χ2n) is 4.71. The maximum Gasteiger partial charge on any atom is 0.129 e. The standard InChI is InChI=1S/C13H20N2S/c1-2-6-11-9-12(16)15-13(14-11)10-7-4-3-5-8-10/h9-10H,2-8H2,1H3,(H,14,15,16). The molecule has 0 aliphatic heterocycles. The quantitative estimate of drug-likeness (QED) is 0.799. The van der Waals surface area contributed by atoms with E-state index >= 15 is 0 Å². The first-order valence-electron chi connectivity index (χ1n) is 6.39. The third-order valence-electron chi connectivity index (χ3n) is 3.33. The lowest BCUT2D eigenvalue weighted by molar-refractivity contribution is 0.427. The summed E-state index contributed by atoms with van der Waals surface area (Å²) in [5.74, 6) is 1.75. The van der Waals surface area contributed by atoms with Crippen molar-refractivity contribution in [2.45, 2.75) is 57.8 Å². The van der Waals surface area contributed by atoms with Crippen LogP contribution in [0, 0.1) is 4.64 Å². The highest BCUT2D eigenvalue weighted by molar-refractivity contribution is 7.71. The third kappa shape index (κ3) is 2.91. The molecule has 0 spiro atoms. The van der Waals surface area contributed by atoms with E-state index in [1.807, 2.05) is 6.07 Å². The predicted molar refractivity (Wildman–Crippen MR) is 69.2 cm³/mol. The first-order chi connectivity index (χ1) is 7.79. The van der Waals surface area contributed by atoms with Gasteiger partial charge in [0, 0.05) is 11.6 Å². The summed E-state index contributed by atoms with van der Waals surface area (Å²) in [7, 11) is 0. The molecule has 0 saturated heterocycles. The van der Waals surface area contributed by atoms with E-state index in [2.05, 4.69) is 16.9 Å². The second kappa shape index (κ2) is 5.58. The molecular formula is C13H20N2S. The normalized spacial score (nSPS) is 17.6. The monoisotopic (exact) mass is 236 g/mol. The Morgan fingerprint density at radius 1 is 1.38 bits per heavy atom. The number of nitrogens with zero attached hydrogens (tertiary/aromatic N) is 1. The zero-order valence-corrected chi connectivity index (χ0v) is 10.8. The van der Waals surface area contributed by atoms with Gasteiger partial charge in [-0.1, -0.05) is 44.8 Å². The molecule has 1 aliphatic carbocycles. The van der Waals surface area contributed by atoms with Crippen molar-refractivity contribution in [1.29, 1.82) is 0 Å². The molecule has 0 atom stereocenters. The number of H-pyrrole nitrogens is 1. The van der Waals surface area contributed by atoms with Crippen LogP contribution in [-0.4, -0.2) is 9.97 Å². The zero-order chi connectivity index (χ0) is 11.4. The molecule has 1 aromatic rings. The van der Waals surface area contributed by atoms with Crippen LogP contribution in [0.25, 0.3) is 0 Å². The van der Waals surface area contributed by atoms with Crippen molar-refractivity contribution in [2.75, 3.05) is 0 Å². The Morgan fingerprint density at radius 3 is 2.81 bits per heavy atom. The van der Waals surface area contributed by atoms with Crippen molar-refractivity contribution in [3.63, 3.8) is 0 Å². The fraction of sp³-hybridized carbons (Fsp3) is 0.692. The van der Waals surface area contributed by atoms with Crippen molar-refractivity contribution in [3.05, 3.63) is 22.2 Å². The van der Waals surface area contributed by atoms with E-state index < -0.39 is 0 Å². The van der Waals surface area contributed by atoms with Gasteiger partial charge in [0.25, 0.3) is 0 Å². The van der Waals surface area contributed by atoms with Gasteiger partial charge in [-0.3, -0.25) is 0 Å². The SMILES string of the molecule is CCCc1cc(=S)nc(C2CCCCC2)[nH]1. The highest BCUT2D eigenvalue weighted by Crippen LogP contribution is 2.30. The van der Waals surface area contributed by atoms with Gasteiger partial charge in [-0.2, -0.15) is 0 Å². The van der Waals surface area contributed by atoms with Gasteiger partial charge in [0.05, 0.1) is 0 Å². The molecule has 2 nitrogen and oxygen atoms in total. The van der Waals surface area contributed by atoms with Crippen molar-refractivity contribution >= 4 is 12.2 Å². The van der Waals surface area contributed by atoms with Crippen LogP contribution in [0.2, 0.25) is 0 Å². The van der Waals surface area contributed by atoms with Crippen LogP contribution in [0.3, 0.4) is 0 Å². The molecule has 16 heavy (non-hydrogen) atoms. The molecule has 0 unspecified atom stereocenters. The summed E-state index contributed by atoms with van der Waals surface area (Å²) in [4.78, 5) is 7.98. The van der Waals surface area contributed by atoms with Crippen molar-refractivity contribution < 1.29 is 0 Å². The summed E-state index contributed by atoms with van der Waals surface area (Å²) in [6.45, 7) is 2.19. The number of hydrogen-bond acceptors (Lipinski definition) is 2. The molecule has 0 amide bonds. The minimum atomic E-state index is 0.618. The van der Waals surface area contributed by atoms with Gasteiger partial charge < -0.3 is 4.98 Å². The highest BCUT2D eigenvalue weighted by Gasteiger charge is 2.17. The first kappa shape index (κ1) is 11.8. The van der Waals surface area contributed by atoms with Crippen molar-refractivity contribution in [2.24, 2.45) is 0 Å². The van der Waals surface area contributed by atoms with E-state index in [0.29, 0.717) is 5.92 Å². The lowest BCUT2D eigenvalue weighted by Gasteiger charge is -2.21. The van der Waals surface area contributed by atoms with Gasteiger partial charge >= 0.3 is 0 Å². The van der Waals surface area contributed by atoms with Gasteiger partial charge in [-0.05, 0) is 25.3 Å². The summed E-state index contributed by atoms with van der Waals surface area (Å²) in [6.07, 6.45) is 8.83. The average Bonchev–Trinajstić information content (AvgIpc) is 2.30. The summed E-state index contributed by atoms with van der Waals surface area (Å²) in [5, 5.41) is 0. The molecule has 88 valence electrons. The molecule has 1 fully saturated rings. The maximum atomic E-state index is 5.24. The van der Waals surface area contributed by atoms with Gasteiger partial charge in [-0.25, -0.2) is 4.98 Å². The molecule has 2 rings (SSSR count). The van der Waals surface area contributed by atoms with Gasteiger partial charge in [0.2, 0.25) is 0 Å². The van der Waals surface area contributed by atoms with E-state index in [1.165, 1.54) is 37.8 Å². The largest absolute Gasteiger partial charge is 0.347 e. The third-order valence-corrected chi connectivity index (χ3v) is 3.54. The number of aromatic nitrogens is 2. The number of hydrogen-bond donors (Lipinski definition) is 1. The van der Waals surface area contributed by atoms with Crippen molar-refractivity contribution in [3.8, 4) is 0 Å². The molecule has 0 radical (unpaired) electrons. The summed E-state index contributed by atoms with van der Waals surface area (Å²) < 4.78 is 0.753. The summed E-state index contributed by atoms with van der Waals surface area (Å²) in [5.41, 5.74) is 1.25. The number of nitrogens with one attached hydrogen (secondary N) is 1. The highest BCUT2D eigenvalue weighted by atomic mass is 32.1. The Balaban J connectivity index is 2.21. The van der Waals surface area contributed by atoms with E-state index in [9.17, 15) is 0 Å². The smallest absolute Gasteiger partial charge is 0.129 e. The van der Waals surface area contributed by atoms with Crippen LogP contribution < -0.4 is 0 Å². The number of aryl methyl sites for hydroxylation is 1. The Morgan fingerprint density at radius 2 is 2.12 bits per heavy atom. The van der Waals surface area contributed by atoms with Gasteiger partial charge in [0.1, 0.15) is 10.5 Å². The van der Waals surface area contributed by atoms with Crippen LogP contribution in [0.15, 0.2) is 6.07 Å². The van der Waals surface area contributed by atoms with Gasteiger partial charge in [0.15, 0.2) is 0 Å². The fourth-order valence-electron chi connectivity index (χ4n) is 2.50. The molecule has 1 aliphatic rings. The van der Waals surface area contributed by atoms with Crippen molar-refractivity contribution in [1.82, 2.24) is 9.97 Å². The minimum Gasteiger partial charge on any atom is -0.347 e. The molecule has 3 heteroatoms. The molecule has 1 aromatic heterocycles. The van der Waals surface area contributed by atoms with E-state index in [0.717, 1.165) is 23.3 Å². The number of aromatic amines is 1. The van der Waals surface area contributed by atoms with E-state index in [4.69, 9.17) is 12.2 Å². The lowest BCUT2D eigenvalue weighted by Crippen LogP contribution is -2.10. The molecule has 1 heterocycles. The first-order valence-corrected chi connectivity index (χ1v) is 6.80. The Hall–Kier alpha value is -0.700. The molecule has 1 saturated carbocycles. The molecule has 0 bridgehead atoms. The topological polar surface area (TPSA) is 28.7 Å². The zero-order valence-electron chi connectivity index (χ0n) is 9.96. The van der Waals surface area contributed by atoms with Crippen LogP contribution in [0.5, 0.6) is 0 Å². The lowest BCUT2D eigenvalue weighted by atomic mass is 9.88. The second-order valence-corrected chi connectivity index (χ2v) is 5.13. The summed E-state index contributed by atoms with van der Waals surface area (Å²) >= 11 is 5.24. The number of rotatable bonds is 3. The van der Waals surface area contributed by atoms with Crippen LogP contribution in [0.4, 0.5) is 0 Å². The maximum absolute atomic E-state index is 5.24. The van der Waals surface area contributed by atoms with Crippen LogP contribution in [0.1, 0.15) is 62.9 Å². The Bertz CT molecular complexity index is 391. The van der Waals surface area contributed by atoms with E-state index in [-0.39, 0.29) is 0 Å². The Kier molecular flexibility index (Phi) is 4.10.